The molecule has 4 rings (SSSR count). The summed E-state index contributed by atoms with van der Waals surface area (Å²) in [6.07, 6.45) is -3.63. The first kappa shape index (κ1) is 28.6. The molecule has 0 fully saturated rings. The minimum absolute atomic E-state index is 0.0121. The van der Waals surface area contributed by atoms with Gasteiger partial charge in [0.25, 0.3) is 17.0 Å². The first-order valence-corrected chi connectivity index (χ1v) is 11.6. The van der Waals surface area contributed by atoms with Gasteiger partial charge >= 0.3 is 6.18 Å². The Morgan fingerprint density at radius 3 is 2.35 bits per heavy atom. The van der Waals surface area contributed by atoms with Crippen LogP contribution in [0.2, 0.25) is 0 Å². The summed E-state index contributed by atoms with van der Waals surface area (Å²) in [7, 11) is 0. The van der Waals surface area contributed by atoms with Gasteiger partial charge in [-0.05, 0) is 19.1 Å². The highest BCUT2D eigenvalue weighted by molar-refractivity contribution is 5.82. The molecule has 16 heteroatoms. The Morgan fingerprint density at radius 1 is 1.05 bits per heavy atom. The van der Waals surface area contributed by atoms with E-state index in [0.29, 0.717) is 6.92 Å². The first-order chi connectivity index (χ1) is 18.6. The maximum absolute atomic E-state index is 14.8. The molecule has 3 heterocycles. The summed E-state index contributed by atoms with van der Waals surface area (Å²) in [5, 5.41) is 7.23. The number of nitrogens with one attached hydrogen (secondary N) is 2. The van der Waals surface area contributed by atoms with Crippen molar-refractivity contribution in [1.29, 1.82) is 0 Å². The number of fused-ring (bicyclic) bond motifs is 1. The molecule has 2 N–H and O–H groups in total. The largest absolute Gasteiger partial charge is 0.423 e. The Labute approximate surface area is 220 Å². The number of halogens is 7. The van der Waals surface area contributed by atoms with Crippen molar-refractivity contribution >= 4 is 16.6 Å². The number of hydrogen-bond acceptors (Lipinski definition) is 7. The van der Waals surface area contributed by atoms with Crippen molar-refractivity contribution in [2.75, 3.05) is 5.32 Å². The van der Waals surface area contributed by atoms with Crippen LogP contribution in [0.15, 0.2) is 46.6 Å². The second-order valence-electron chi connectivity index (χ2n) is 9.10. The topological polar surface area (TPSA) is 118 Å². The second-order valence-corrected chi connectivity index (χ2v) is 9.10. The third kappa shape index (κ3) is 6.10. The molecule has 0 aliphatic carbocycles. The van der Waals surface area contributed by atoms with Gasteiger partial charge in [-0.25, -0.2) is 37.6 Å². The Balaban J connectivity index is 1.51. The number of benzene rings is 1. The summed E-state index contributed by atoms with van der Waals surface area (Å²) in [5.74, 6) is -4.35. The number of anilines is 1. The van der Waals surface area contributed by atoms with E-state index in [1.165, 1.54) is 6.92 Å². The molecular formula is C24H20F7N7O2. The van der Waals surface area contributed by atoms with Gasteiger partial charge in [0.15, 0.2) is 5.82 Å². The Kier molecular flexibility index (Phi) is 7.63. The molecule has 3 aromatic heterocycles. The van der Waals surface area contributed by atoms with Crippen molar-refractivity contribution in [2.45, 2.75) is 51.1 Å². The SMILES string of the molecule is C[C@@H](C[C@@H](F)Cn1cnc2cc(-c3ncc(C(C)(F)F)cn3)c(F)cc2c1=O)Nc1cn[nH]c(=O)c1C(F)(F)F. The van der Waals surface area contributed by atoms with Crippen LogP contribution in [-0.2, 0) is 18.6 Å². The van der Waals surface area contributed by atoms with Crippen molar-refractivity contribution in [3.05, 3.63) is 74.7 Å². The van der Waals surface area contributed by atoms with E-state index >= 15 is 0 Å². The molecule has 212 valence electrons. The molecular weight excluding hydrogens is 551 g/mol. The van der Waals surface area contributed by atoms with Gasteiger partial charge in [0.05, 0.1) is 46.8 Å². The number of aromatic amines is 1. The second kappa shape index (κ2) is 10.7. The van der Waals surface area contributed by atoms with Crippen LogP contribution in [0.1, 0.15) is 31.4 Å². The number of nitrogens with zero attached hydrogens (tertiary/aromatic N) is 5. The predicted molar refractivity (Wildman–Crippen MR) is 129 cm³/mol. The number of H-pyrrole nitrogens is 1. The Morgan fingerprint density at radius 2 is 1.73 bits per heavy atom. The zero-order valence-corrected chi connectivity index (χ0v) is 20.7. The average molecular weight is 571 g/mol. The highest BCUT2D eigenvalue weighted by atomic mass is 19.4. The maximum atomic E-state index is 14.8. The minimum atomic E-state index is -4.98. The summed E-state index contributed by atoms with van der Waals surface area (Å²) in [6.45, 7) is 1.48. The van der Waals surface area contributed by atoms with Gasteiger partial charge in [-0.1, -0.05) is 0 Å². The zero-order chi connectivity index (χ0) is 29.4. The normalized spacial score (nSPS) is 13.8. The van der Waals surface area contributed by atoms with Crippen LogP contribution in [0.4, 0.5) is 36.4 Å². The Bertz CT molecular complexity index is 1650. The van der Waals surface area contributed by atoms with Gasteiger partial charge in [0.2, 0.25) is 0 Å². The molecule has 0 saturated carbocycles. The summed E-state index contributed by atoms with van der Waals surface area (Å²) in [5.41, 5.74) is -5.05. The number of rotatable bonds is 8. The van der Waals surface area contributed by atoms with Crippen LogP contribution in [0.25, 0.3) is 22.3 Å². The highest BCUT2D eigenvalue weighted by Crippen LogP contribution is 2.32. The van der Waals surface area contributed by atoms with Crippen molar-refractivity contribution in [3.8, 4) is 11.4 Å². The van der Waals surface area contributed by atoms with E-state index in [2.05, 4.69) is 25.4 Å². The number of alkyl halides is 6. The predicted octanol–water partition coefficient (Wildman–Crippen LogP) is 4.44. The molecule has 0 radical (unpaired) electrons. The zero-order valence-electron chi connectivity index (χ0n) is 20.7. The van der Waals surface area contributed by atoms with Crippen molar-refractivity contribution in [3.63, 3.8) is 0 Å². The number of hydrogen-bond donors (Lipinski definition) is 2. The lowest BCUT2D eigenvalue weighted by molar-refractivity contribution is -0.138. The third-order valence-corrected chi connectivity index (χ3v) is 5.86. The van der Waals surface area contributed by atoms with E-state index in [0.717, 1.165) is 41.6 Å². The van der Waals surface area contributed by atoms with Crippen molar-refractivity contribution in [2.24, 2.45) is 0 Å². The van der Waals surface area contributed by atoms with Crippen LogP contribution in [0.3, 0.4) is 0 Å². The molecule has 0 amide bonds. The van der Waals surface area contributed by atoms with Gasteiger partial charge < -0.3 is 5.32 Å². The summed E-state index contributed by atoms with van der Waals surface area (Å²) in [6, 6.07) is 1.09. The van der Waals surface area contributed by atoms with Crippen LogP contribution < -0.4 is 16.4 Å². The molecule has 0 saturated heterocycles. The van der Waals surface area contributed by atoms with E-state index in [9.17, 15) is 40.3 Å². The maximum Gasteiger partial charge on any atom is 0.423 e. The van der Waals surface area contributed by atoms with E-state index in [-0.39, 0.29) is 28.7 Å². The fourth-order valence-corrected chi connectivity index (χ4v) is 3.96. The molecule has 1 aromatic carbocycles. The molecule has 0 bridgehead atoms. The summed E-state index contributed by atoms with van der Waals surface area (Å²) < 4.78 is 97.0. The number of aromatic nitrogens is 6. The summed E-state index contributed by atoms with van der Waals surface area (Å²) >= 11 is 0. The van der Waals surface area contributed by atoms with Crippen molar-refractivity contribution in [1.82, 2.24) is 29.7 Å². The van der Waals surface area contributed by atoms with Crippen LogP contribution in [-0.4, -0.2) is 41.9 Å². The molecule has 2 atom stereocenters. The van der Waals surface area contributed by atoms with E-state index < -0.39 is 64.6 Å². The molecule has 4 aromatic rings. The quantitative estimate of drug-likeness (QED) is 0.301. The standard InChI is InChI=1S/C24H20F7N7O2/c1-11(36-18-8-35-37-21(39)19(18)24(29,30)31)3-13(25)9-38-10-34-17-5-14(16(26)4-15(17)22(38)40)20-32-6-12(7-33-20)23(2,27)28/h4-8,10-11,13H,3,9H2,1-2H3,(H2,36,37,39)/t11-,13+/m0/s1. The van der Waals surface area contributed by atoms with Gasteiger partial charge in [-0.3, -0.25) is 14.2 Å². The smallest absolute Gasteiger partial charge is 0.381 e. The van der Waals surface area contributed by atoms with Gasteiger partial charge in [-0.2, -0.15) is 18.3 Å². The molecule has 0 spiro atoms. The monoisotopic (exact) mass is 571 g/mol. The molecule has 0 aliphatic heterocycles. The van der Waals surface area contributed by atoms with E-state index in [1.807, 2.05) is 0 Å². The fourth-order valence-electron chi connectivity index (χ4n) is 3.96. The van der Waals surface area contributed by atoms with Crippen molar-refractivity contribution < 1.29 is 30.7 Å². The van der Waals surface area contributed by atoms with Gasteiger partial charge in [-0.15, -0.1) is 0 Å². The fraction of sp³-hybridized carbons (Fsp3) is 0.333. The third-order valence-electron chi connectivity index (χ3n) is 5.86. The lowest BCUT2D eigenvalue weighted by atomic mass is 10.1. The van der Waals surface area contributed by atoms with Crippen LogP contribution >= 0.6 is 0 Å². The summed E-state index contributed by atoms with van der Waals surface area (Å²) in [4.78, 5) is 36.0. The average Bonchev–Trinajstić information content (AvgIpc) is 2.84. The van der Waals surface area contributed by atoms with E-state index in [4.69, 9.17) is 0 Å². The lowest BCUT2D eigenvalue weighted by Gasteiger charge is -2.20. The lowest BCUT2D eigenvalue weighted by Crippen LogP contribution is -2.30. The first-order valence-electron chi connectivity index (χ1n) is 11.6. The minimum Gasteiger partial charge on any atom is -0.381 e. The van der Waals surface area contributed by atoms with Crippen LogP contribution in [0, 0.1) is 5.82 Å². The molecule has 9 nitrogen and oxygen atoms in total. The van der Waals surface area contributed by atoms with Crippen LogP contribution in [0.5, 0.6) is 0 Å². The highest BCUT2D eigenvalue weighted by Gasteiger charge is 2.37. The van der Waals surface area contributed by atoms with Gasteiger partial charge in [0, 0.05) is 31.8 Å². The Hall–Kier alpha value is -4.37. The molecule has 40 heavy (non-hydrogen) atoms. The molecule has 0 unspecified atom stereocenters. The molecule has 0 aliphatic rings. The van der Waals surface area contributed by atoms with E-state index in [1.54, 1.807) is 5.10 Å². The van der Waals surface area contributed by atoms with Gasteiger partial charge in [0.1, 0.15) is 17.6 Å².